The van der Waals surface area contributed by atoms with Gasteiger partial charge in [-0.1, -0.05) is 0 Å². The molecule has 0 unspecified atom stereocenters. The van der Waals surface area contributed by atoms with E-state index in [9.17, 15) is 18.0 Å². The van der Waals surface area contributed by atoms with E-state index in [1.807, 2.05) is 25.2 Å². The molecule has 3 heterocycles. The molecule has 0 aliphatic carbocycles. The number of amides is 1. The Kier molecular flexibility index (Phi) is 5.50. The minimum absolute atomic E-state index is 0.261. The normalized spacial score (nSPS) is 11.6. The van der Waals surface area contributed by atoms with Gasteiger partial charge >= 0.3 is 6.18 Å². The van der Waals surface area contributed by atoms with Crippen molar-refractivity contribution in [1.29, 1.82) is 0 Å². The molecule has 0 atom stereocenters. The number of nitrogens with zero attached hydrogens (tertiary/aromatic N) is 4. The number of carbonyl (C=O) groups excluding carboxylic acids is 1. The standard InChI is InChI=1S/C18H18F3N5OS/c1-10-11(2)28-17-14(10)16(24-15(25-17)12-5-4-6-22-7-12)26(3)8-13(27)23-9-18(19,20)21/h4-7H,8-9H2,1-3H3,(H,23,27). The lowest BCUT2D eigenvalue weighted by atomic mass is 10.2. The molecule has 0 spiro atoms. The van der Waals surface area contributed by atoms with Crippen LogP contribution in [0.1, 0.15) is 10.4 Å². The fourth-order valence-electron chi connectivity index (χ4n) is 2.67. The van der Waals surface area contributed by atoms with Gasteiger partial charge in [-0.05, 0) is 31.5 Å². The number of halogens is 3. The van der Waals surface area contributed by atoms with Gasteiger partial charge in [-0.2, -0.15) is 13.2 Å². The van der Waals surface area contributed by atoms with Crippen molar-refractivity contribution in [2.24, 2.45) is 0 Å². The van der Waals surface area contributed by atoms with Crippen LogP contribution in [0.15, 0.2) is 24.5 Å². The van der Waals surface area contributed by atoms with E-state index in [1.54, 1.807) is 25.5 Å². The molecule has 148 valence electrons. The van der Waals surface area contributed by atoms with E-state index in [0.717, 1.165) is 20.7 Å². The Morgan fingerprint density at radius 2 is 2.04 bits per heavy atom. The number of alkyl halides is 3. The van der Waals surface area contributed by atoms with Crippen LogP contribution in [-0.2, 0) is 4.79 Å². The summed E-state index contributed by atoms with van der Waals surface area (Å²) in [5, 5.41) is 2.67. The Hall–Kier alpha value is -2.75. The minimum Gasteiger partial charge on any atom is -0.350 e. The van der Waals surface area contributed by atoms with Crippen molar-refractivity contribution < 1.29 is 18.0 Å². The molecule has 0 bridgehead atoms. The fourth-order valence-corrected chi connectivity index (χ4v) is 3.70. The van der Waals surface area contributed by atoms with Gasteiger partial charge in [0, 0.05) is 29.9 Å². The first-order valence-electron chi connectivity index (χ1n) is 8.38. The molecular weight excluding hydrogens is 391 g/mol. The average Bonchev–Trinajstić information content (AvgIpc) is 2.93. The topological polar surface area (TPSA) is 71.0 Å². The van der Waals surface area contributed by atoms with Crippen LogP contribution < -0.4 is 10.2 Å². The maximum absolute atomic E-state index is 12.3. The number of aryl methyl sites for hydroxylation is 2. The summed E-state index contributed by atoms with van der Waals surface area (Å²) in [6.45, 7) is 2.27. The Labute approximate surface area is 163 Å². The third kappa shape index (κ3) is 4.38. The molecule has 1 N–H and O–H groups in total. The predicted octanol–water partition coefficient (Wildman–Crippen LogP) is 3.48. The van der Waals surface area contributed by atoms with Gasteiger partial charge in [0.15, 0.2) is 5.82 Å². The van der Waals surface area contributed by atoms with Crippen LogP contribution in [-0.4, -0.2) is 47.2 Å². The molecule has 28 heavy (non-hydrogen) atoms. The lowest BCUT2D eigenvalue weighted by Crippen LogP contribution is -2.40. The Bertz CT molecular complexity index is 1000. The lowest BCUT2D eigenvalue weighted by Gasteiger charge is -2.20. The number of carbonyl (C=O) groups is 1. The van der Waals surface area contributed by atoms with E-state index < -0.39 is 18.6 Å². The molecule has 0 fully saturated rings. The monoisotopic (exact) mass is 409 g/mol. The zero-order chi connectivity index (χ0) is 20.5. The van der Waals surface area contributed by atoms with E-state index >= 15 is 0 Å². The van der Waals surface area contributed by atoms with E-state index in [1.165, 1.54) is 16.2 Å². The second-order valence-corrected chi connectivity index (χ2v) is 7.53. The fraction of sp³-hybridized carbons (Fsp3) is 0.333. The molecule has 0 radical (unpaired) electrons. The third-order valence-corrected chi connectivity index (χ3v) is 5.26. The van der Waals surface area contributed by atoms with Crippen LogP contribution in [0.25, 0.3) is 21.6 Å². The Balaban J connectivity index is 1.97. The number of anilines is 1. The largest absolute Gasteiger partial charge is 0.405 e. The van der Waals surface area contributed by atoms with E-state index in [0.29, 0.717) is 17.2 Å². The number of likely N-dealkylation sites (N-methyl/N-ethyl adjacent to an activating group) is 1. The quantitative estimate of drug-likeness (QED) is 0.699. The summed E-state index contributed by atoms with van der Waals surface area (Å²) in [5.41, 5.74) is 1.69. The van der Waals surface area contributed by atoms with Crippen LogP contribution in [0.4, 0.5) is 19.0 Å². The van der Waals surface area contributed by atoms with Gasteiger partial charge in [-0.25, -0.2) is 9.97 Å². The highest BCUT2D eigenvalue weighted by Crippen LogP contribution is 2.36. The van der Waals surface area contributed by atoms with Gasteiger partial charge in [0.25, 0.3) is 0 Å². The molecule has 0 saturated heterocycles. The average molecular weight is 409 g/mol. The molecule has 3 rings (SSSR count). The molecule has 3 aromatic heterocycles. The number of fused-ring (bicyclic) bond motifs is 1. The van der Waals surface area contributed by atoms with Crippen molar-refractivity contribution in [3.05, 3.63) is 35.0 Å². The summed E-state index contributed by atoms with van der Waals surface area (Å²) in [6, 6.07) is 3.59. The van der Waals surface area contributed by atoms with Gasteiger partial charge in [0.2, 0.25) is 5.91 Å². The molecule has 0 aliphatic rings. The number of pyridine rings is 1. The summed E-state index contributed by atoms with van der Waals surface area (Å²) < 4.78 is 37.0. The summed E-state index contributed by atoms with van der Waals surface area (Å²) in [5.74, 6) is 0.200. The van der Waals surface area contributed by atoms with E-state index in [-0.39, 0.29) is 6.54 Å². The smallest absolute Gasteiger partial charge is 0.350 e. The van der Waals surface area contributed by atoms with Crippen molar-refractivity contribution in [2.75, 3.05) is 25.0 Å². The number of aromatic nitrogens is 3. The summed E-state index contributed by atoms with van der Waals surface area (Å²) in [4.78, 5) is 28.6. The second-order valence-electron chi connectivity index (χ2n) is 6.32. The first kappa shape index (κ1) is 20.0. The molecule has 10 heteroatoms. The van der Waals surface area contributed by atoms with Crippen molar-refractivity contribution >= 4 is 33.3 Å². The van der Waals surface area contributed by atoms with E-state index in [2.05, 4.69) is 15.0 Å². The number of thiophene rings is 1. The van der Waals surface area contributed by atoms with Crippen molar-refractivity contribution in [3.63, 3.8) is 0 Å². The lowest BCUT2D eigenvalue weighted by molar-refractivity contribution is -0.137. The van der Waals surface area contributed by atoms with Crippen LogP contribution in [0, 0.1) is 13.8 Å². The zero-order valence-corrected chi connectivity index (χ0v) is 16.3. The van der Waals surface area contributed by atoms with Crippen LogP contribution in [0.3, 0.4) is 0 Å². The molecule has 6 nitrogen and oxygen atoms in total. The minimum atomic E-state index is -4.45. The number of rotatable bonds is 5. The molecule has 0 saturated carbocycles. The van der Waals surface area contributed by atoms with Gasteiger partial charge < -0.3 is 10.2 Å². The van der Waals surface area contributed by atoms with Crippen molar-refractivity contribution in [3.8, 4) is 11.4 Å². The molecule has 3 aromatic rings. The van der Waals surface area contributed by atoms with Crippen LogP contribution in [0.2, 0.25) is 0 Å². The van der Waals surface area contributed by atoms with Crippen molar-refractivity contribution in [2.45, 2.75) is 20.0 Å². The number of nitrogens with one attached hydrogen (secondary N) is 1. The van der Waals surface area contributed by atoms with Gasteiger partial charge in [0.05, 0.1) is 11.9 Å². The van der Waals surface area contributed by atoms with Gasteiger partial charge in [-0.3, -0.25) is 9.78 Å². The van der Waals surface area contributed by atoms with E-state index in [4.69, 9.17) is 0 Å². The van der Waals surface area contributed by atoms with Crippen LogP contribution >= 0.6 is 11.3 Å². The molecule has 0 aliphatic heterocycles. The molecule has 1 amide bonds. The summed E-state index contributed by atoms with van der Waals surface area (Å²) in [7, 11) is 1.62. The Morgan fingerprint density at radius 3 is 2.68 bits per heavy atom. The van der Waals surface area contributed by atoms with Gasteiger partial charge in [-0.15, -0.1) is 11.3 Å². The molecular formula is C18H18F3N5OS. The SMILES string of the molecule is Cc1sc2nc(-c3cccnc3)nc(N(C)CC(=O)NCC(F)(F)F)c2c1C. The Morgan fingerprint density at radius 1 is 1.29 bits per heavy atom. The third-order valence-electron chi connectivity index (χ3n) is 4.16. The highest BCUT2D eigenvalue weighted by molar-refractivity contribution is 7.18. The first-order chi connectivity index (χ1) is 13.2. The maximum Gasteiger partial charge on any atom is 0.405 e. The van der Waals surface area contributed by atoms with Crippen molar-refractivity contribution in [1.82, 2.24) is 20.3 Å². The molecule has 0 aromatic carbocycles. The maximum atomic E-state index is 12.3. The summed E-state index contributed by atoms with van der Waals surface area (Å²) in [6.07, 6.45) is -1.18. The number of hydrogen-bond donors (Lipinski definition) is 1. The highest BCUT2D eigenvalue weighted by Gasteiger charge is 2.28. The zero-order valence-electron chi connectivity index (χ0n) is 15.5. The first-order valence-corrected chi connectivity index (χ1v) is 9.20. The summed E-state index contributed by atoms with van der Waals surface area (Å²) >= 11 is 1.50. The highest BCUT2D eigenvalue weighted by atomic mass is 32.1. The van der Waals surface area contributed by atoms with Crippen LogP contribution in [0.5, 0.6) is 0 Å². The predicted molar refractivity (Wildman–Crippen MR) is 102 cm³/mol. The van der Waals surface area contributed by atoms with Gasteiger partial charge in [0.1, 0.15) is 17.2 Å². The second kappa shape index (κ2) is 7.70. The number of hydrogen-bond acceptors (Lipinski definition) is 6.